The highest BCUT2D eigenvalue weighted by atomic mass is 14.1. The van der Waals surface area contributed by atoms with Gasteiger partial charge in [0.25, 0.3) is 0 Å². The second-order valence-corrected chi connectivity index (χ2v) is 4.79. The first-order valence-electron chi connectivity index (χ1n) is 6.90. The lowest BCUT2D eigenvalue weighted by Gasteiger charge is -2.13. The van der Waals surface area contributed by atoms with Crippen molar-refractivity contribution in [1.29, 1.82) is 0 Å². The normalized spacial score (nSPS) is 12.6. The molecular weight excluding hydrogens is 192 g/mol. The molecule has 0 aromatic heterocycles. The van der Waals surface area contributed by atoms with Crippen LogP contribution in [0.5, 0.6) is 0 Å². The first-order valence-corrected chi connectivity index (χ1v) is 6.90. The molecule has 0 bridgehead atoms. The van der Waals surface area contributed by atoms with E-state index in [1.165, 1.54) is 50.5 Å². The summed E-state index contributed by atoms with van der Waals surface area (Å²) < 4.78 is 0. The van der Waals surface area contributed by atoms with Crippen LogP contribution in [0, 0.1) is 5.92 Å². The Labute approximate surface area is 101 Å². The summed E-state index contributed by atoms with van der Waals surface area (Å²) in [4.78, 5) is 0. The summed E-state index contributed by atoms with van der Waals surface area (Å²) in [6, 6.07) is 10.9. The minimum atomic E-state index is 0.962. The summed E-state index contributed by atoms with van der Waals surface area (Å²) in [6.45, 7) is 4.62. The zero-order valence-corrected chi connectivity index (χ0v) is 10.9. The molecule has 1 aromatic rings. The van der Waals surface area contributed by atoms with Crippen molar-refractivity contribution in [2.75, 3.05) is 0 Å². The summed E-state index contributed by atoms with van der Waals surface area (Å²) in [7, 11) is 0. The molecule has 0 aliphatic rings. The molecule has 0 fully saturated rings. The van der Waals surface area contributed by atoms with Gasteiger partial charge in [0.05, 0.1) is 0 Å². The average molecular weight is 218 g/mol. The minimum Gasteiger partial charge on any atom is -0.0654 e. The molecule has 0 heterocycles. The van der Waals surface area contributed by atoms with Gasteiger partial charge in [-0.1, -0.05) is 76.3 Å². The molecule has 0 amide bonds. The number of hydrogen-bond acceptors (Lipinski definition) is 0. The lowest BCUT2D eigenvalue weighted by molar-refractivity contribution is 0.410. The van der Waals surface area contributed by atoms with Gasteiger partial charge in [-0.15, -0.1) is 0 Å². The van der Waals surface area contributed by atoms with E-state index >= 15 is 0 Å². The Kier molecular flexibility index (Phi) is 6.96. The van der Waals surface area contributed by atoms with E-state index in [9.17, 15) is 0 Å². The van der Waals surface area contributed by atoms with Gasteiger partial charge in [0.15, 0.2) is 0 Å². The zero-order valence-electron chi connectivity index (χ0n) is 10.9. The number of unbranched alkanes of at least 4 members (excludes halogenated alkanes) is 1. The molecular formula is C16H26. The Morgan fingerprint density at radius 2 is 1.62 bits per heavy atom. The molecule has 1 atom stereocenters. The third-order valence-corrected chi connectivity index (χ3v) is 3.46. The molecule has 0 aliphatic carbocycles. The van der Waals surface area contributed by atoms with E-state index in [0.717, 1.165) is 5.92 Å². The fraction of sp³-hybridized carbons (Fsp3) is 0.625. The Morgan fingerprint density at radius 1 is 0.938 bits per heavy atom. The van der Waals surface area contributed by atoms with E-state index in [1.54, 1.807) is 0 Å². The second kappa shape index (κ2) is 8.38. The highest BCUT2D eigenvalue weighted by molar-refractivity contribution is 5.14. The van der Waals surface area contributed by atoms with Crippen molar-refractivity contribution >= 4 is 0 Å². The van der Waals surface area contributed by atoms with Crippen molar-refractivity contribution in [3.63, 3.8) is 0 Å². The van der Waals surface area contributed by atoms with Crippen LogP contribution < -0.4 is 0 Å². The molecule has 0 nitrogen and oxygen atoms in total. The molecule has 0 heteroatoms. The van der Waals surface area contributed by atoms with E-state index in [-0.39, 0.29) is 0 Å². The van der Waals surface area contributed by atoms with E-state index in [4.69, 9.17) is 0 Å². The number of benzene rings is 1. The third-order valence-electron chi connectivity index (χ3n) is 3.46. The van der Waals surface area contributed by atoms with Crippen molar-refractivity contribution < 1.29 is 0 Å². The fourth-order valence-corrected chi connectivity index (χ4v) is 2.28. The smallest absolute Gasteiger partial charge is 0.0279 e. The highest BCUT2D eigenvalue weighted by Gasteiger charge is 2.05. The van der Waals surface area contributed by atoms with Gasteiger partial charge in [0.1, 0.15) is 0 Å². The first-order chi connectivity index (χ1) is 7.86. The molecule has 1 unspecified atom stereocenters. The molecule has 0 spiro atoms. The predicted octanol–water partition coefficient (Wildman–Crippen LogP) is 5.23. The summed E-state index contributed by atoms with van der Waals surface area (Å²) in [5.41, 5.74) is 1.49. The highest BCUT2D eigenvalue weighted by Crippen LogP contribution is 2.19. The summed E-state index contributed by atoms with van der Waals surface area (Å²) >= 11 is 0. The lowest BCUT2D eigenvalue weighted by atomic mass is 9.93. The lowest BCUT2D eigenvalue weighted by Crippen LogP contribution is -1.99. The quantitative estimate of drug-likeness (QED) is 0.561. The fourth-order valence-electron chi connectivity index (χ4n) is 2.28. The van der Waals surface area contributed by atoms with Crippen LogP contribution in [0.3, 0.4) is 0 Å². The van der Waals surface area contributed by atoms with E-state index in [0.29, 0.717) is 0 Å². The number of aryl methyl sites for hydroxylation is 1. The van der Waals surface area contributed by atoms with Gasteiger partial charge in [0.2, 0.25) is 0 Å². The maximum absolute atomic E-state index is 2.34. The van der Waals surface area contributed by atoms with Crippen LogP contribution in [0.25, 0.3) is 0 Å². The Hall–Kier alpha value is -0.780. The molecule has 0 N–H and O–H groups in total. The van der Waals surface area contributed by atoms with E-state index in [1.807, 2.05) is 0 Å². The van der Waals surface area contributed by atoms with Crippen LogP contribution >= 0.6 is 0 Å². The van der Waals surface area contributed by atoms with Crippen molar-refractivity contribution in [1.82, 2.24) is 0 Å². The monoisotopic (exact) mass is 218 g/mol. The largest absolute Gasteiger partial charge is 0.0654 e. The van der Waals surface area contributed by atoms with Gasteiger partial charge in [-0.2, -0.15) is 0 Å². The maximum atomic E-state index is 2.34. The third kappa shape index (κ3) is 5.34. The van der Waals surface area contributed by atoms with Crippen LogP contribution in [-0.2, 0) is 6.42 Å². The first kappa shape index (κ1) is 13.3. The van der Waals surface area contributed by atoms with Crippen LogP contribution in [-0.4, -0.2) is 0 Å². The molecule has 1 aromatic carbocycles. The van der Waals surface area contributed by atoms with Gasteiger partial charge in [-0.25, -0.2) is 0 Å². The zero-order chi connectivity index (χ0) is 11.6. The van der Waals surface area contributed by atoms with Crippen molar-refractivity contribution in [3.05, 3.63) is 35.9 Å². The molecule has 0 aliphatic heterocycles. The van der Waals surface area contributed by atoms with Gasteiger partial charge < -0.3 is 0 Å². The minimum absolute atomic E-state index is 0.962. The average Bonchev–Trinajstić information content (AvgIpc) is 2.35. The standard InChI is InChI=1S/C16H26/c1-3-5-10-15(4-2)13-9-14-16-11-7-6-8-12-16/h6-8,11-12,15H,3-5,9-10,13-14H2,1-2H3. The SMILES string of the molecule is CCCCC(CC)CCCc1ccccc1. The Bertz CT molecular complexity index is 250. The summed E-state index contributed by atoms with van der Waals surface area (Å²) in [6.07, 6.45) is 9.55. The van der Waals surface area contributed by atoms with Crippen molar-refractivity contribution in [2.24, 2.45) is 5.92 Å². The Morgan fingerprint density at radius 3 is 2.25 bits per heavy atom. The number of hydrogen-bond donors (Lipinski definition) is 0. The van der Waals surface area contributed by atoms with Crippen LogP contribution in [0.2, 0.25) is 0 Å². The maximum Gasteiger partial charge on any atom is -0.0279 e. The van der Waals surface area contributed by atoms with Gasteiger partial charge in [0, 0.05) is 0 Å². The van der Waals surface area contributed by atoms with E-state index in [2.05, 4.69) is 44.2 Å². The van der Waals surface area contributed by atoms with Gasteiger partial charge in [-0.3, -0.25) is 0 Å². The van der Waals surface area contributed by atoms with Crippen LogP contribution in [0.4, 0.5) is 0 Å². The van der Waals surface area contributed by atoms with Gasteiger partial charge in [-0.05, 0) is 24.3 Å². The molecule has 0 saturated carbocycles. The molecule has 16 heavy (non-hydrogen) atoms. The number of rotatable bonds is 8. The topological polar surface area (TPSA) is 0 Å². The summed E-state index contributed by atoms with van der Waals surface area (Å²) in [5.74, 6) is 0.962. The molecule has 0 saturated heterocycles. The Balaban J connectivity index is 2.18. The predicted molar refractivity (Wildman–Crippen MR) is 72.7 cm³/mol. The molecule has 90 valence electrons. The molecule has 1 rings (SSSR count). The van der Waals surface area contributed by atoms with Crippen molar-refractivity contribution in [2.45, 2.75) is 58.8 Å². The van der Waals surface area contributed by atoms with Crippen LogP contribution in [0.1, 0.15) is 57.9 Å². The summed E-state index contributed by atoms with van der Waals surface area (Å²) in [5, 5.41) is 0. The molecule has 0 radical (unpaired) electrons. The van der Waals surface area contributed by atoms with Gasteiger partial charge >= 0.3 is 0 Å². The van der Waals surface area contributed by atoms with Crippen molar-refractivity contribution in [3.8, 4) is 0 Å². The second-order valence-electron chi connectivity index (χ2n) is 4.79. The van der Waals surface area contributed by atoms with Crippen LogP contribution in [0.15, 0.2) is 30.3 Å². The van der Waals surface area contributed by atoms with E-state index < -0.39 is 0 Å².